The average Bonchev–Trinajstić information content (AvgIpc) is 2.01. The molecule has 0 fully saturated rings. The van der Waals surface area contributed by atoms with Crippen LogP contribution in [0.1, 0.15) is 23.4 Å². The molecule has 0 saturated heterocycles. The van der Waals surface area contributed by atoms with Crippen LogP contribution >= 0.6 is 22.6 Å². The lowest BCUT2D eigenvalue weighted by atomic mass is 10.1. The first-order chi connectivity index (χ1) is 6.56. The number of rotatable bonds is 2. The van der Waals surface area contributed by atoms with Gasteiger partial charge in [-0.05, 0) is 35.6 Å². The van der Waals surface area contributed by atoms with Crippen molar-refractivity contribution in [1.29, 1.82) is 5.26 Å². The third-order valence-corrected chi connectivity index (χ3v) is 2.57. The number of nitriles is 1. The highest BCUT2D eigenvalue weighted by atomic mass is 127. The smallest absolute Gasteiger partial charge is 0.257 e. The molecule has 5 heteroatoms. The van der Waals surface area contributed by atoms with Gasteiger partial charge in [-0.1, -0.05) is 0 Å². The molecular formula is C9H7F2IN2. The molecule has 0 aromatic carbocycles. The van der Waals surface area contributed by atoms with Crippen LogP contribution in [0.2, 0.25) is 0 Å². The third-order valence-electron chi connectivity index (χ3n) is 1.68. The van der Waals surface area contributed by atoms with Gasteiger partial charge in [0, 0.05) is 9.26 Å². The van der Waals surface area contributed by atoms with Gasteiger partial charge >= 0.3 is 0 Å². The van der Waals surface area contributed by atoms with Gasteiger partial charge in [0.25, 0.3) is 6.43 Å². The van der Waals surface area contributed by atoms with Gasteiger partial charge in [-0.25, -0.2) is 8.78 Å². The molecule has 0 saturated carbocycles. The van der Waals surface area contributed by atoms with Crippen LogP contribution in [0.3, 0.4) is 0 Å². The maximum atomic E-state index is 12.6. The van der Waals surface area contributed by atoms with Crippen molar-refractivity contribution in [2.24, 2.45) is 0 Å². The van der Waals surface area contributed by atoms with Gasteiger partial charge in [0.2, 0.25) is 0 Å². The molecule has 0 radical (unpaired) electrons. The van der Waals surface area contributed by atoms with Crippen LogP contribution in [-0.4, -0.2) is 4.98 Å². The zero-order valence-electron chi connectivity index (χ0n) is 7.39. The molecule has 0 aliphatic heterocycles. The van der Waals surface area contributed by atoms with Crippen LogP contribution in [-0.2, 0) is 6.42 Å². The zero-order valence-corrected chi connectivity index (χ0v) is 9.55. The zero-order chi connectivity index (χ0) is 10.7. The molecule has 1 aromatic heterocycles. The Morgan fingerprint density at radius 1 is 1.64 bits per heavy atom. The van der Waals surface area contributed by atoms with Gasteiger partial charge < -0.3 is 0 Å². The summed E-state index contributed by atoms with van der Waals surface area (Å²) in [4.78, 5) is 3.94. The second-order valence-electron chi connectivity index (χ2n) is 2.74. The van der Waals surface area contributed by atoms with E-state index in [-0.39, 0.29) is 17.7 Å². The first-order valence-corrected chi connectivity index (χ1v) is 4.95. The Balaban J connectivity index is 3.30. The first kappa shape index (κ1) is 11.3. The summed E-state index contributed by atoms with van der Waals surface area (Å²) < 4.78 is 25.6. The Labute approximate surface area is 94.1 Å². The number of halogens is 3. The van der Waals surface area contributed by atoms with Crippen molar-refractivity contribution < 1.29 is 8.78 Å². The lowest BCUT2D eigenvalue weighted by Crippen LogP contribution is -2.02. The van der Waals surface area contributed by atoms with Crippen LogP contribution in [0.4, 0.5) is 8.78 Å². The van der Waals surface area contributed by atoms with Crippen molar-refractivity contribution in [2.75, 3.05) is 0 Å². The van der Waals surface area contributed by atoms with Crippen LogP contribution in [0.5, 0.6) is 0 Å². The standard InChI is InChI=1S/C9H7F2IN2/c1-5-4-6(12)8(9(10)11)7(14-5)2-3-13/h4,9H,2H2,1H3. The Kier molecular flexibility index (Phi) is 3.75. The van der Waals surface area contributed by atoms with Gasteiger partial charge in [-0.2, -0.15) is 5.26 Å². The fourth-order valence-electron chi connectivity index (χ4n) is 1.14. The molecule has 0 N–H and O–H groups in total. The van der Waals surface area contributed by atoms with Gasteiger partial charge in [0.1, 0.15) is 0 Å². The highest BCUT2D eigenvalue weighted by Gasteiger charge is 2.18. The molecule has 0 spiro atoms. The second kappa shape index (κ2) is 4.64. The van der Waals surface area contributed by atoms with Crippen molar-refractivity contribution >= 4 is 22.6 Å². The van der Waals surface area contributed by atoms with Crippen molar-refractivity contribution in [1.82, 2.24) is 4.98 Å². The molecule has 1 aromatic rings. The van der Waals surface area contributed by atoms with Crippen LogP contribution in [0, 0.1) is 21.8 Å². The molecule has 0 aliphatic carbocycles. The molecule has 0 aliphatic rings. The summed E-state index contributed by atoms with van der Waals surface area (Å²) in [5, 5.41) is 8.47. The van der Waals surface area contributed by atoms with Crippen molar-refractivity contribution in [2.45, 2.75) is 19.8 Å². The molecular weight excluding hydrogens is 301 g/mol. The van der Waals surface area contributed by atoms with Gasteiger partial charge in [-0.15, -0.1) is 0 Å². The highest BCUT2D eigenvalue weighted by molar-refractivity contribution is 14.1. The largest absolute Gasteiger partial charge is 0.266 e. The molecule has 74 valence electrons. The Hall–Kier alpha value is -0.770. The van der Waals surface area contributed by atoms with E-state index in [1.54, 1.807) is 13.0 Å². The van der Waals surface area contributed by atoms with Crippen molar-refractivity contribution in [3.8, 4) is 6.07 Å². The molecule has 1 rings (SSSR count). The van der Waals surface area contributed by atoms with E-state index < -0.39 is 6.43 Å². The van der Waals surface area contributed by atoms with E-state index in [0.717, 1.165) is 0 Å². The van der Waals surface area contributed by atoms with Gasteiger partial charge in [0.15, 0.2) is 0 Å². The summed E-state index contributed by atoms with van der Waals surface area (Å²) in [7, 11) is 0. The molecule has 0 amide bonds. The minimum absolute atomic E-state index is 0.0721. The van der Waals surface area contributed by atoms with Crippen LogP contribution < -0.4 is 0 Å². The predicted molar refractivity (Wildman–Crippen MR) is 56.0 cm³/mol. The highest BCUT2D eigenvalue weighted by Crippen LogP contribution is 2.27. The Morgan fingerprint density at radius 3 is 2.79 bits per heavy atom. The summed E-state index contributed by atoms with van der Waals surface area (Å²) in [6.45, 7) is 1.72. The summed E-state index contributed by atoms with van der Waals surface area (Å²) in [6, 6.07) is 3.42. The second-order valence-corrected chi connectivity index (χ2v) is 3.90. The summed E-state index contributed by atoms with van der Waals surface area (Å²) in [6.07, 6.45) is -2.64. The molecule has 0 bridgehead atoms. The van der Waals surface area contributed by atoms with E-state index in [0.29, 0.717) is 9.26 Å². The Morgan fingerprint density at radius 2 is 2.29 bits per heavy atom. The number of aromatic nitrogens is 1. The van der Waals surface area contributed by atoms with E-state index >= 15 is 0 Å². The lowest BCUT2D eigenvalue weighted by Gasteiger charge is -2.08. The maximum absolute atomic E-state index is 12.6. The number of nitrogens with zero attached hydrogens (tertiary/aromatic N) is 2. The number of hydrogen-bond donors (Lipinski definition) is 0. The fraction of sp³-hybridized carbons (Fsp3) is 0.333. The average molecular weight is 308 g/mol. The molecule has 0 atom stereocenters. The number of hydrogen-bond acceptors (Lipinski definition) is 2. The van der Waals surface area contributed by atoms with Crippen LogP contribution in [0.15, 0.2) is 6.07 Å². The molecule has 14 heavy (non-hydrogen) atoms. The molecule has 1 heterocycles. The van der Waals surface area contributed by atoms with E-state index in [9.17, 15) is 8.78 Å². The quantitative estimate of drug-likeness (QED) is 0.788. The number of alkyl halides is 2. The number of pyridine rings is 1. The van der Waals surface area contributed by atoms with Gasteiger partial charge in [-0.3, -0.25) is 4.98 Å². The third kappa shape index (κ3) is 2.38. The Bertz CT molecular complexity index is 385. The predicted octanol–water partition coefficient (Wildman–Crippen LogP) is 3.00. The normalized spacial score (nSPS) is 10.3. The first-order valence-electron chi connectivity index (χ1n) is 3.87. The molecule has 0 unspecified atom stereocenters. The lowest BCUT2D eigenvalue weighted by molar-refractivity contribution is 0.149. The van der Waals surface area contributed by atoms with Crippen LogP contribution in [0.25, 0.3) is 0 Å². The topological polar surface area (TPSA) is 36.7 Å². The fourth-order valence-corrected chi connectivity index (χ4v) is 2.14. The summed E-state index contributed by atoms with van der Waals surface area (Å²) in [5.41, 5.74) is 0.730. The van der Waals surface area contributed by atoms with E-state index in [4.69, 9.17) is 5.26 Å². The summed E-state index contributed by atoms with van der Waals surface area (Å²) >= 11 is 1.84. The minimum Gasteiger partial charge on any atom is -0.257 e. The number of aryl methyl sites for hydroxylation is 1. The minimum atomic E-state index is -2.57. The monoisotopic (exact) mass is 308 g/mol. The van der Waals surface area contributed by atoms with E-state index in [2.05, 4.69) is 4.98 Å². The van der Waals surface area contributed by atoms with Crippen molar-refractivity contribution in [3.05, 3.63) is 26.6 Å². The summed E-state index contributed by atoms with van der Waals surface area (Å²) in [5.74, 6) is 0. The van der Waals surface area contributed by atoms with Crippen molar-refractivity contribution in [3.63, 3.8) is 0 Å². The van der Waals surface area contributed by atoms with Gasteiger partial charge in [0.05, 0.1) is 23.7 Å². The SMILES string of the molecule is Cc1cc(I)c(C(F)F)c(CC#N)n1. The molecule has 2 nitrogen and oxygen atoms in total. The van der Waals surface area contributed by atoms with E-state index in [1.807, 2.05) is 28.7 Å². The van der Waals surface area contributed by atoms with E-state index in [1.165, 1.54) is 0 Å². The maximum Gasteiger partial charge on any atom is 0.266 e.